The average Bonchev–Trinajstić information content (AvgIpc) is 3.12. The molecule has 0 bridgehead atoms. The van der Waals surface area contributed by atoms with Crippen molar-refractivity contribution in [1.82, 2.24) is 5.32 Å². The van der Waals surface area contributed by atoms with E-state index in [9.17, 15) is 4.79 Å². The Morgan fingerprint density at radius 1 is 1.39 bits per heavy atom. The Balaban J connectivity index is 2.08. The van der Waals surface area contributed by atoms with Crippen molar-refractivity contribution in [3.8, 4) is 0 Å². The van der Waals surface area contributed by atoms with E-state index < -0.39 is 0 Å². The van der Waals surface area contributed by atoms with Crippen LogP contribution in [0.2, 0.25) is 0 Å². The quantitative estimate of drug-likeness (QED) is 0.868. The zero-order valence-electron chi connectivity index (χ0n) is 11.3. The maximum atomic E-state index is 12.1. The lowest BCUT2D eigenvalue weighted by Gasteiger charge is -2.21. The third kappa shape index (κ3) is 2.56. The molecule has 18 heavy (non-hydrogen) atoms. The van der Waals surface area contributed by atoms with Crippen molar-refractivity contribution in [3.05, 3.63) is 35.4 Å². The van der Waals surface area contributed by atoms with Gasteiger partial charge in [-0.2, -0.15) is 0 Å². The molecule has 0 spiro atoms. The van der Waals surface area contributed by atoms with E-state index in [1.165, 1.54) is 11.1 Å². The average molecular weight is 247 g/mol. The molecule has 1 N–H and O–H groups in total. The normalized spacial score (nSPS) is 18.2. The lowest BCUT2D eigenvalue weighted by Crippen LogP contribution is -2.42. The summed E-state index contributed by atoms with van der Waals surface area (Å²) in [4.78, 5) is 12.1. The van der Waals surface area contributed by atoms with Gasteiger partial charge in [-0.05, 0) is 31.7 Å². The lowest BCUT2D eigenvalue weighted by molar-refractivity contribution is -0.132. The van der Waals surface area contributed by atoms with Gasteiger partial charge in [-0.25, -0.2) is 0 Å². The fraction of sp³-hybridized carbons (Fsp3) is 0.533. The molecule has 2 rings (SSSR count). The zero-order chi connectivity index (χ0) is 13.2. The Morgan fingerprint density at radius 3 is 2.44 bits per heavy atom. The number of ether oxygens (including phenoxy) is 1. The highest BCUT2D eigenvalue weighted by molar-refractivity contribution is 5.82. The molecule has 1 aliphatic rings. The van der Waals surface area contributed by atoms with Crippen LogP contribution in [0, 0.1) is 6.92 Å². The third-order valence-corrected chi connectivity index (χ3v) is 3.66. The molecule has 0 aliphatic heterocycles. The molecule has 3 heteroatoms. The second-order valence-electron chi connectivity index (χ2n) is 5.07. The molecule has 1 amide bonds. The van der Waals surface area contributed by atoms with E-state index >= 15 is 0 Å². The summed E-state index contributed by atoms with van der Waals surface area (Å²) < 4.78 is 5.18. The number of rotatable bonds is 5. The summed E-state index contributed by atoms with van der Waals surface area (Å²) in [5.74, 6) is -0.00178. The molecule has 1 saturated carbocycles. The van der Waals surface area contributed by atoms with Crippen LogP contribution in [0.1, 0.15) is 37.3 Å². The van der Waals surface area contributed by atoms with Crippen molar-refractivity contribution in [3.63, 3.8) is 0 Å². The Hall–Kier alpha value is -1.35. The molecule has 1 aromatic rings. The van der Waals surface area contributed by atoms with E-state index in [2.05, 4.69) is 36.5 Å². The monoisotopic (exact) mass is 247 g/mol. The SMILES string of the molecule is CCC(OC)C(=O)NC1(c2ccc(C)cc2)CC1. The minimum Gasteiger partial charge on any atom is -0.372 e. The number of aryl methyl sites for hydroxylation is 1. The first-order chi connectivity index (χ1) is 8.61. The van der Waals surface area contributed by atoms with Gasteiger partial charge in [0, 0.05) is 7.11 Å². The first-order valence-electron chi connectivity index (χ1n) is 6.53. The van der Waals surface area contributed by atoms with Crippen LogP contribution in [0.15, 0.2) is 24.3 Å². The molecule has 0 heterocycles. The molecule has 1 atom stereocenters. The topological polar surface area (TPSA) is 38.3 Å². The molecule has 0 aromatic heterocycles. The lowest BCUT2D eigenvalue weighted by atomic mass is 10.0. The fourth-order valence-electron chi connectivity index (χ4n) is 2.26. The summed E-state index contributed by atoms with van der Waals surface area (Å²) in [5, 5.41) is 3.14. The second kappa shape index (κ2) is 5.11. The fourth-order valence-corrected chi connectivity index (χ4v) is 2.26. The van der Waals surface area contributed by atoms with Gasteiger partial charge < -0.3 is 10.1 Å². The van der Waals surface area contributed by atoms with Crippen molar-refractivity contribution in [2.45, 2.75) is 44.8 Å². The van der Waals surface area contributed by atoms with Crippen LogP contribution < -0.4 is 5.32 Å². The van der Waals surface area contributed by atoms with Crippen molar-refractivity contribution in [2.24, 2.45) is 0 Å². The van der Waals surface area contributed by atoms with Crippen LogP contribution in [-0.4, -0.2) is 19.1 Å². The van der Waals surface area contributed by atoms with Crippen LogP contribution in [0.3, 0.4) is 0 Å². The number of carbonyl (C=O) groups is 1. The highest BCUT2D eigenvalue weighted by Gasteiger charge is 2.46. The molecule has 98 valence electrons. The minimum absolute atomic E-state index is 0.00178. The standard InChI is InChI=1S/C15H21NO2/c1-4-13(18-3)14(17)16-15(9-10-15)12-7-5-11(2)6-8-12/h5-8,13H,4,9-10H2,1-3H3,(H,16,17). The van der Waals surface area contributed by atoms with Gasteiger partial charge in [-0.3, -0.25) is 4.79 Å². The molecule has 1 aliphatic carbocycles. The Bertz CT molecular complexity index is 417. The molecular weight excluding hydrogens is 226 g/mol. The summed E-state index contributed by atoms with van der Waals surface area (Å²) in [6.07, 6.45) is 2.39. The molecule has 3 nitrogen and oxygen atoms in total. The number of methoxy groups -OCH3 is 1. The maximum Gasteiger partial charge on any atom is 0.249 e. The maximum absolute atomic E-state index is 12.1. The first kappa shape index (κ1) is 13.1. The van der Waals surface area contributed by atoms with Crippen molar-refractivity contribution in [2.75, 3.05) is 7.11 Å². The summed E-state index contributed by atoms with van der Waals surface area (Å²) in [5.41, 5.74) is 2.30. The molecule has 0 radical (unpaired) electrons. The predicted octanol–water partition coefficient (Wildman–Crippen LogP) is 2.53. The third-order valence-electron chi connectivity index (χ3n) is 3.66. The summed E-state index contributed by atoms with van der Waals surface area (Å²) in [6, 6.07) is 8.40. The molecular formula is C15H21NO2. The van der Waals surface area contributed by atoms with E-state index in [0.29, 0.717) is 6.42 Å². The van der Waals surface area contributed by atoms with Gasteiger partial charge in [0.25, 0.3) is 0 Å². The second-order valence-corrected chi connectivity index (χ2v) is 5.07. The first-order valence-corrected chi connectivity index (χ1v) is 6.53. The van der Waals surface area contributed by atoms with Gasteiger partial charge >= 0.3 is 0 Å². The van der Waals surface area contributed by atoms with Gasteiger partial charge in [0.05, 0.1) is 5.54 Å². The number of hydrogen-bond donors (Lipinski definition) is 1. The van der Waals surface area contributed by atoms with Crippen LogP contribution in [0.5, 0.6) is 0 Å². The van der Waals surface area contributed by atoms with Gasteiger partial charge in [0.2, 0.25) is 5.91 Å². The number of hydrogen-bond acceptors (Lipinski definition) is 2. The van der Waals surface area contributed by atoms with Gasteiger partial charge in [-0.1, -0.05) is 36.8 Å². The summed E-state index contributed by atoms with van der Waals surface area (Å²) >= 11 is 0. The van der Waals surface area contributed by atoms with Crippen molar-refractivity contribution >= 4 is 5.91 Å². The van der Waals surface area contributed by atoms with E-state index in [-0.39, 0.29) is 17.6 Å². The predicted molar refractivity (Wildman–Crippen MR) is 71.3 cm³/mol. The van der Waals surface area contributed by atoms with Gasteiger partial charge in [0.15, 0.2) is 0 Å². The summed E-state index contributed by atoms with van der Waals surface area (Å²) in [6.45, 7) is 4.03. The van der Waals surface area contributed by atoms with Crippen LogP contribution in [0.25, 0.3) is 0 Å². The van der Waals surface area contributed by atoms with Crippen molar-refractivity contribution < 1.29 is 9.53 Å². The zero-order valence-corrected chi connectivity index (χ0v) is 11.3. The largest absolute Gasteiger partial charge is 0.372 e. The summed E-state index contributed by atoms with van der Waals surface area (Å²) in [7, 11) is 1.58. The van der Waals surface area contributed by atoms with E-state index in [1.807, 2.05) is 6.92 Å². The Labute approximate surface area is 109 Å². The number of benzene rings is 1. The van der Waals surface area contributed by atoms with E-state index in [0.717, 1.165) is 12.8 Å². The molecule has 0 saturated heterocycles. The molecule has 1 unspecified atom stereocenters. The highest BCUT2D eigenvalue weighted by atomic mass is 16.5. The number of carbonyl (C=O) groups excluding carboxylic acids is 1. The Kier molecular flexibility index (Phi) is 3.71. The van der Waals surface area contributed by atoms with Gasteiger partial charge in [0.1, 0.15) is 6.10 Å². The minimum atomic E-state index is -0.340. The molecule has 1 aromatic carbocycles. The van der Waals surface area contributed by atoms with Gasteiger partial charge in [-0.15, -0.1) is 0 Å². The molecule has 1 fully saturated rings. The van der Waals surface area contributed by atoms with Crippen LogP contribution >= 0.6 is 0 Å². The highest BCUT2D eigenvalue weighted by Crippen LogP contribution is 2.45. The Morgan fingerprint density at radius 2 is 2.00 bits per heavy atom. The number of nitrogens with one attached hydrogen (secondary N) is 1. The van der Waals surface area contributed by atoms with E-state index in [1.54, 1.807) is 7.11 Å². The van der Waals surface area contributed by atoms with Crippen LogP contribution in [0.4, 0.5) is 0 Å². The number of amides is 1. The van der Waals surface area contributed by atoms with Crippen molar-refractivity contribution in [1.29, 1.82) is 0 Å². The van der Waals surface area contributed by atoms with Crippen LogP contribution in [-0.2, 0) is 15.1 Å². The van der Waals surface area contributed by atoms with E-state index in [4.69, 9.17) is 4.74 Å². The smallest absolute Gasteiger partial charge is 0.249 e.